The van der Waals surface area contributed by atoms with Crippen molar-refractivity contribution < 1.29 is 27.0 Å². The predicted molar refractivity (Wildman–Crippen MR) is 33.4 cm³/mol. The maximum absolute atomic E-state index is 8.89. The second-order valence-corrected chi connectivity index (χ2v) is 1.70. The molecule has 5 heteroatoms. The van der Waals surface area contributed by atoms with Crippen LogP contribution in [0.2, 0.25) is 0 Å². The van der Waals surface area contributed by atoms with Crippen molar-refractivity contribution in [1.82, 2.24) is 0 Å². The fourth-order valence-electron chi connectivity index (χ4n) is 0. The largest absolute Gasteiger partial charge is 1.00 e. The van der Waals surface area contributed by atoms with E-state index in [1.54, 1.807) is 0 Å². The maximum atomic E-state index is 8.89. The van der Waals surface area contributed by atoms with Crippen LogP contribution in [-0.2, 0) is 21.9 Å². The van der Waals surface area contributed by atoms with Gasteiger partial charge < -0.3 is 21.4 Å². The minimum absolute atomic E-state index is 0. The molecular formula is C5H13CuN2O2. The quantitative estimate of drug-likeness (QED) is 0.477. The molecular weight excluding hydrogens is 184 g/mol. The van der Waals surface area contributed by atoms with Gasteiger partial charge in [-0.25, -0.2) is 0 Å². The van der Waals surface area contributed by atoms with Gasteiger partial charge in [-0.15, -0.1) is 0 Å². The summed E-state index contributed by atoms with van der Waals surface area (Å²) in [4.78, 5) is 8.89. The molecule has 0 aromatic rings. The number of nitrogens with two attached hydrogens (primary N) is 2. The molecule has 0 bridgehead atoms. The molecule has 0 heterocycles. The molecule has 66 valence electrons. The first kappa shape index (κ1) is 16.5. The number of aliphatic carboxylic acids is 1. The first-order valence-electron chi connectivity index (χ1n) is 2.64. The Balaban J connectivity index is -0.0000000910. The fourth-order valence-corrected chi connectivity index (χ4v) is 0. The molecule has 4 N–H and O–H groups in total. The van der Waals surface area contributed by atoms with Gasteiger partial charge in [0.05, 0.1) is 0 Å². The van der Waals surface area contributed by atoms with Crippen LogP contribution in [0.25, 0.3) is 0 Å². The van der Waals surface area contributed by atoms with Gasteiger partial charge in [0.1, 0.15) is 0 Å². The molecule has 0 saturated heterocycles. The Hall–Kier alpha value is -0.0905. The molecule has 0 saturated carbocycles. The second-order valence-electron chi connectivity index (χ2n) is 1.70. The third-order valence-corrected chi connectivity index (χ3v) is 0.372. The molecule has 0 rings (SSSR count). The summed E-state index contributed by atoms with van der Waals surface area (Å²) in [7, 11) is 0. The van der Waals surface area contributed by atoms with E-state index in [-0.39, 0.29) is 23.1 Å². The summed E-state index contributed by atoms with van der Waals surface area (Å²) in [5.41, 5.74) is 10.2. The first-order valence-corrected chi connectivity index (χ1v) is 2.64. The third kappa shape index (κ3) is 104. The average molecular weight is 197 g/mol. The van der Waals surface area contributed by atoms with Crippen LogP contribution in [0.5, 0.6) is 0 Å². The molecule has 0 aliphatic heterocycles. The van der Waals surface area contributed by atoms with Gasteiger partial charge in [0.15, 0.2) is 0 Å². The van der Waals surface area contributed by atoms with Crippen molar-refractivity contribution in [3.05, 3.63) is 0 Å². The van der Waals surface area contributed by atoms with E-state index in [4.69, 9.17) is 21.4 Å². The summed E-state index contributed by atoms with van der Waals surface area (Å²) in [5.74, 6) is -1.08. The van der Waals surface area contributed by atoms with Gasteiger partial charge >= 0.3 is 17.1 Å². The van der Waals surface area contributed by atoms with E-state index in [9.17, 15) is 0 Å². The number of rotatable bonds is 1. The van der Waals surface area contributed by atoms with Crippen molar-refractivity contribution in [1.29, 1.82) is 0 Å². The average Bonchev–Trinajstić information content (AvgIpc) is 1.65. The summed E-state index contributed by atoms with van der Waals surface area (Å²) in [5, 5.41) is 8.89. The Kier molecular flexibility index (Phi) is 19.2. The zero-order valence-electron chi connectivity index (χ0n) is 6.06. The van der Waals surface area contributed by atoms with Gasteiger partial charge in [-0.1, -0.05) is 0 Å². The third-order valence-electron chi connectivity index (χ3n) is 0.372. The standard InChI is InChI=1S/C3H10N2.C2H4O2.Cu/c1-3(5)2-4;1-2(3)4;/h3H,2,4-5H2,1H3;1H3,(H,3,4);/q;;+1/p-1. The number of carbonyl (C=O) groups is 1. The Bertz CT molecular complexity index is 74.0. The van der Waals surface area contributed by atoms with Crippen molar-refractivity contribution in [2.45, 2.75) is 19.9 Å². The topological polar surface area (TPSA) is 92.2 Å². The maximum Gasteiger partial charge on any atom is 1.00 e. The number of hydrogen-bond donors (Lipinski definition) is 2. The van der Waals surface area contributed by atoms with Crippen LogP contribution >= 0.6 is 0 Å². The normalized spacial score (nSPS) is 10.0. The number of carboxylic acid groups (broad SMARTS) is 1. The van der Waals surface area contributed by atoms with Crippen molar-refractivity contribution in [3.8, 4) is 0 Å². The van der Waals surface area contributed by atoms with Gasteiger partial charge in [-0.05, 0) is 13.8 Å². The Morgan fingerprint density at radius 3 is 1.80 bits per heavy atom. The molecule has 0 aromatic heterocycles. The molecule has 0 spiro atoms. The van der Waals surface area contributed by atoms with Crippen molar-refractivity contribution >= 4 is 5.97 Å². The van der Waals surface area contributed by atoms with E-state index in [1.165, 1.54) is 0 Å². The molecule has 1 unspecified atom stereocenters. The van der Waals surface area contributed by atoms with Crippen molar-refractivity contribution in [3.63, 3.8) is 0 Å². The summed E-state index contributed by atoms with van der Waals surface area (Å²) in [6.45, 7) is 3.43. The van der Waals surface area contributed by atoms with Crippen LogP contribution in [0, 0.1) is 0 Å². The molecule has 0 aromatic carbocycles. The number of carbonyl (C=O) groups excluding carboxylic acids is 1. The minimum atomic E-state index is -1.08. The Morgan fingerprint density at radius 1 is 1.70 bits per heavy atom. The fraction of sp³-hybridized carbons (Fsp3) is 0.800. The summed E-state index contributed by atoms with van der Waals surface area (Å²) in [6, 6.07) is 0.162. The van der Waals surface area contributed by atoms with Gasteiger partial charge in [0, 0.05) is 18.6 Å². The van der Waals surface area contributed by atoms with Gasteiger partial charge in [-0.2, -0.15) is 0 Å². The summed E-state index contributed by atoms with van der Waals surface area (Å²) >= 11 is 0. The van der Waals surface area contributed by atoms with Crippen LogP contribution in [0.15, 0.2) is 0 Å². The second kappa shape index (κ2) is 11.7. The van der Waals surface area contributed by atoms with E-state index in [0.29, 0.717) is 6.54 Å². The van der Waals surface area contributed by atoms with Crippen LogP contribution in [-0.4, -0.2) is 18.6 Å². The first-order chi connectivity index (χ1) is 4.00. The van der Waals surface area contributed by atoms with Gasteiger partial charge in [-0.3, -0.25) is 0 Å². The summed E-state index contributed by atoms with van der Waals surface area (Å²) < 4.78 is 0. The Labute approximate surface area is 71.4 Å². The molecule has 10 heavy (non-hydrogen) atoms. The molecule has 0 aliphatic rings. The van der Waals surface area contributed by atoms with E-state index in [1.807, 2.05) is 6.92 Å². The number of hydrogen-bond acceptors (Lipinski definition) is 4. The smallest absolute Gasteiger partial charge is 0.550 e. The zero-order chi connectivity index (χ0) is 7.86. The molecule has 0 amide bonds. The SMILES string of the molecule is CC(=O)[O-].CC(N)CN.[Cu+]. The van der Waals surface area contributed by atoms with Crippen LogP contribution in [0.3, 0.4) is 0 Å². The zero-order valence-corrected chi connectivity index (χ0v) is 7.00. The van der Waals surface area contributed by atoms with Crippen molar-refractivity contribution in [2.24, 2.45) is 11.5 Å². The van der Waals surface area contributed by atoms with Gasteiger partial charge in [0.25, 0.3) is 0 Å². The molecule has 4 nitrogen and oxygen atoms in total. The van der Waals surface area contributed by atoms with Crippen LogP contribution in [0.4, 0.5) is 0 Å². The van der Waals surface area contributed by atoms with Crippen LogP contribution < -0.4 is 16.6 Å². The van der Waals surface area contributed by atoms with E-state index < -0.39 is 5.97 Å². The Morgan fingerprint density at radius 2 is 1.80 bits per heavy atom. The molecule has 1 atom stereocenters. The van der Waals surface area contributed by atoms with E-state index >= 15 is 0 Å². The molecule has 0 fully saturated rings. The summed E-state index contributed by atoms with van der Waals surface area (Å²) in [6.07, 6.45) is 0. The minimum Gasteiger partial charge on any atom is -0.550 e. The van der Waals surface area contributed by atoms with Crippen LogP contribution in [0.1, 0.15) is 13.8 Å². The number of carboxylic acids is 1. The monoisotopic (exact) mass is 196 g/mol. The van der Waals surface area contributed by atoms with Crippen molar-refractivity contribution in [2.75, 3.05) is 6.54 Å². The predicted octanol–water partition coefficient (Wildman–Crippen LogP) is -1.95. The molecule has 0 aliphatic carbocycles. The molecule has 0 radical (unpaired) electrons. The van der Waals surface area contributed by atoms with E-state index in [2.05, 4.69) is 0 Å². The van der Waals surface area contributed by atoms with Gasteiger partial charge in [0.2, 0.25) is 0 Å². The van der Waals surface area contributed by atoms with E-state index in [0.717, 1.165) is 6.92 Å².